The molecule has 2 amide bonds. The van der Waals surface area contributed by atoms with Crippen LogP contribution in [0, 0.1) is 0 Å². The van der Waals surface area contributed by atoms with Gasteiger partial charge in [0.1, 0.15) is 23.5 Å². The normalized spacial score (nSPS) is 14.1. The summed E-state index contributed by atoms with van der Waals surface area (Å²) in [6.07, 6.45) is 2.57. The van der Waals surface area contributed by atoms with Crippen LogP contribution in [-0.4, -0.2) is 67.9 Å². The van der Waals surface area contributed by atoms with Gasteiger partial charge < -0.3 is 29.7 Å². The monoisotopic (exact) mass is 458 g/mol. The van der Waals surface area contributed by atoms with E-state index in [9.17, 15) is 24.3 Å². The first-order valence-electron chi connectivity index (χ1n) is 10.3. The molecule has 1 aliphatic heterocycles. The average molecular weight is 458 g/mol. The van der Waals surface area contributed by atoms with Crippen molar-refractivity contribution in [2.75, 3.05) is 19.6 Å². The van der Waals surface area contributed by atoms with Gasteiger partial charge in [0.25, 0.3) is 11.5 Å². The summed E-state index contributed by atoms with van der Waals surface area (Å²) in [5, 5.41) is 22.4. The van der Waals surface area contributed by atoms with Crippen LogP contribution in [0.3, 0.4) is 0 Å². The fourth-order valence-electron chi connectivity index (χ4n) is 3.49. The van der Waals surface area contributed by atoms with Gasteiger partial charge in [0, 0.05) is 25.5 Å². The first-order valence-corrected chi connectivity index (χ1v) is 10.3. The molecule has 0 saturated carbocycles. The standard InChI is InChI=1S/C22H26N4O7/c1-22(2,3)33-16(27)11-24-19(29)17-18(28)13-9-14(23-10-15(13)25(4)20(17)30)12-5-7-26(8-6-12)21(31)32/h5,9-10,28H,6-8,11H2,1-4H3,(H,24,29)(H,31,32). The molecule has 11 nitrogen and oxygen atoms in total. The summed E-state index contributed by atoms with van der Waals surface area (Å²) in [5.74, 6) is -2.12. The molecule has 0 saturated heterocycles. The summed E-state index contributed by atoms with van der Waals surface area (Å²) in [4.78, 5) is 54.0. The van der Waals surface area contributed by atoms with Gasteiger partial charge in [-0.25, -0.2) is 4.79 Å². The minimum atomic E-state index is -1.01. The molecule has 2 aromatic heterocycles. The van der Waals surface area contributed by atoms with E-state index >= 15 is 0 Å². The SMILES string of the molecule is Cn1c(=O)c(C(=O)NCC(=O)OC(C)(C)C)c(O)c2cc(C3=CCN(C(=O)O)CC3)ncc21. The summed E-state index contributed by atoms with van der Waals surface area (Å²) >= 11 is 0. The Bertz CT molecular complexity index is 1220. The maximum Gasteiger partial charge on any atom is 0.407 e. The molecule has 0 aromatic carbocycles. The summed E-state index contributed by atoms with van der Waals surface area (Å²) in [7, 11) is 1.45. The number of rotatable bonds is 4. The third-order valence-electron chi connectivity index (χ3n) is 5.10. The van der Waals surface area contributed by atoms with E-state index in [1.54, 1.807) is 32.9 Å². The second kappa shape index (κ2) is 8.93. The van der Waals surface area contributed by atoms with Crippen LogP contribution in [0.1, 0.15) is 43.2 Å². The lowest BCUT2D eigenvalue weighted by atomic mass is 10.0. The Morgan fingerprint density at radius 1 is 1.27 bits per heavy atom. The molecule has 33 heavy (non-hydrogen) atoms. The van der Waals surface area contributed by atoms with E-state index < -0.39 is 47.0 Å². The molecule has 0 bridgehead atoms. The highest BCUT2D eigenvalue weighted by atomic mass is 16.6. The molecular formula is C22H26N4O7. The third kappa shape index (κ3) is 5.13. The molecule has 176 valence electrons. The van der Waals surface area contributed by atoms with Crippen LogP contribution in [0.2, 0.25) is 0 Å². The number of aromatic nitrogens is 2. The Hall–Kier alpha value is -3.89. The van der Waals surface area contributed by atoms with Crippen molar-refractivity contribution in [3.63, 3.8) is 0 Å². The lowest BCUT2D eigenvalue weighted by Crippen LogP contribution is -2.37. The van der Waals surface area contributed by atoms with Crippen molar-refractivity contribution in [3.05, 3.63) is 40.0 Å². The van der Waals surface area contributed by atoms with E-state index in [0.29, 0.717) is 24.2 Å². The van der Waals surface area contributed by atoms with Gasteiger partial charge in [-0.1, -0.05) is 6.08 Å². The summed E-state index contributed by atoms with van der Waals surface area (Å²) < 4.78 is 6.32. The number of ether oxygens (including phenoxy) is 1. The number of carbonyl (C=O) groups excluding carboxylic acids is 2. The zero-order valence-corrected chi connectivity index (χ0v) is 18.8. The number of hydrogen-bond donors (Lipinski definition) is 3. The number of nitrogens with zero attached hydrogens (tertiary/aromatic N) is 3. The molecule has 0 atom stereocenters. The largest absolute Gasteiger partial charge is 0.506 e. The lowest BCUT2D eigenvalue weighted by molar-refractivity contribution is -0.153. The molecule has 0 spiro atoms. The molecule has 1 aliphatic rings. The van der Waals surface area contributed by atoms with Crippen LogP contribution in [0.15, 0.2) is 23.1 Å². The van der Waals surface area contributed by atoms with Crippen LogP contribution in [0.5, 0.6) is 5.75 Å². The van der Waals surface area contributed by atoms with E-state index in [4.69, 9.17) is 9.84 Å². The van der Waals surface area contributed by atoms with Crippen molar-refractivity contribution >= 4 is 34.4 Å². The van der Waals surface area contributed by atoms with Gasteiger partial charge in [0.05, 0.1) is 17.4 Å². The Labute approximate surface area is 189 Å². The smallest absolute Gasteiger partial charge is 0.407 e. The van der Waals surface area contributed by atoms with E-state index in [-0.39, 0.29) is 11.9 Å². The van der Waals surface area contributed by atoms with E-state index in [2.05, 4.69) is 10.3 Å². The highest BCUT2D eigenvalue weighted by molar-refractivity contribution is 6.03. The summed E-state index contributed by atoms with van der Waals surface area (Å²) in [6, 6.07) is 1.55. The van der Waals surface area contributed by atoms with Crippen molar-refractivity contribution < 1.29 is 29.3 Å². The van der Waals surface area contributed by atoms with Gasteiger partial charge in [-0.3, -0.25) is 19.4 Å². The molecule has 0 aliphatic carbocycles. The van der Waals surface area contributed by atoms with Gasteiger partial charge in [-0.2, -0.15) is 0 Å². The van der Waals surface area contributed by atoms with Gasteiger partial charge in [-0.15, -0.1) is 0 Å². The highest BCUT2D eigenvalue weighted by Gasteiger charge is 2.24. The maximum absolute atomic E-state index is 12.7. The predicted molar refractivity (Wildman–Crippen MR) is 119 cm³/mol. The third-order valence-corrected chi connectivity index (χ3v) is 5.10. The molecule has 0 unspecified atom stereocenters. The Morgan fingerprint density at radius 3 is 2.55 bits per heavy atom. The molecule has 0 fully saturated rings. The number of esters is 1. The second-order valence-electron chi connectivity index (χ2n) is 8.65. The van der Waals surface area contributed by atoms with E-state index in [1.807, 2.05) is 0 Å². The number of aryl methyl sites for hydroxylation is 1. The Morgan fingerprint density at radius 2 is 1.97 bits per heavy atom. The second-order valence-corrected chi connectivity index (χ2v) is 8.65. The van der Waals surface area contributed by atoms with Crippen molar-refractivity contribution in [2.45, 2.75) is 32.8 Å². The fourth-order valence-corrected chi connectivity index (χ4v) is 3.49. The highest BCUT2D eigenvalue weighted by Crippen LogP contribution is 2.29. The van der Waals surface area contributed by atoms with Crippen molar-refractivity contribution in [1.82, 2.24) is 19.8 Å². The van der Waals surface area contributed by atoms with Crippen LogP contribution in [0.25, 0.3) is 16.5 Å². The van der Waals surface area contributed by atoms with Gasteiger partial charge in [0.15, 0.2) is 0 Å². The topological polar surface area (TPSA) is 151 Å². The number of carboxylic acid groups (broad SMARTS) is 1. The van der Waals surface area contributed by atoms with Crippen LogP contribution < -0.4 is 10.9 Å². The molecule has 3 heterocycles. The number of amides is 2. The van der Waals surface area contributed by atoms with E-state index in [0.717, 1.165) is 5.57 Å². The number of nitrogens with one attached hydrogen (secondary N) is 1. The van der Waals surface area contributed by atoms with Crippen LogP contribution in [-0.2, 0) is 16.6 Å². The molecule has 3 N–H and O–H groups in total. The van der Waals surface area contributed by atoms with Crippen LogP contribution >= 0.6 is 0 Å². The molecule has 11 heteroatoms. The molecule has 0 radical (unpaired) electrons. The number of pyridine rings is 2. The predicted octanol–water partition coefficient (Wildman–Crippen LogP) is 1.48. The van der Waals surface area contributed by atoms with Gasteiger partial charge in [-0.05, 0) is 38.8 Å². The Balaban J connectivity index is 1.94. The van der Waals surface area contributed by atoms with Crippen molar-refractivity contribution in [2.24, 2.45) is 7.05 Å². The molecular weight excluding hydrogens is 432 g/mol. The zero-order chi connectivity index (χ0) is 24.5. The Kier molecular flexibility index (Phi) is 6.43. The fraction of sp³-hybridized carbons (Fsp3) is 0.409. The van der Waals surface area contributed by atoms with Crippen LogP contribution in [0.4, 0.5) is 4.79 Å². The number of aromatic hydroxyl groups is 1. The number of hydrogen-bond acceptors (Lipinski definition) is 7. The van der Waals surface area contributed by atoms with E-state index in [1.165, 1.54) is 22.7 Å². The first kappa shape index (κ1) is 23.8. The molecule has 2 aromatic rings. The first-order chi connectivity index (χ1) is 15.4. The molecule has 3 rings (SSSR count). The van der Waals surface area contributed by atoms with Crippen molar-refractivity contribution in [1.29, 1.82) is 0 Å². The van der Waals surface area contributed by atoms with Gasteiger partial charge in [0.2, 0.25) is 0 Å². The minimum absolute atomic E-state index is 0.210. The van der Waals surface area contributed by atoms with Gasteiger partial charge >= 0.3 is 12.1 Å². The zero-order valence-electron chi connectivity index (χ0n) is 18.8. The summed E-state index contributed by atoms with van der Waals surface area (Å²) in [5.41, 5.74) is -0.374. The number of fused-ring (bicyclic) bond motifs is 1. The minimum Gasteiger partial charge on any atom is -0.506 e. The average Bonchev–Trinajstić information content (AvgIpc) is 2.75. The lowest BCUT2D eigenvalue weighted by Gasteiger charge is -2.23. The summed E-state index contributed by atoms with van der Waals surface area (Å²) in [6.45, 7) is 5.10. The number of carbonyl (C=O) groups is 3. The quantitative estimate of drug-likeness (QED) is 0.583. The van der Waals surface area contributed by atoms with Crippen molar-refractivity contribution in [3.8, 4) is 5.75 Å². The maximum atomic E-state index is 12.7.